The molecule has 2 aliphatic rings. The van der Waals surface area contributed by atoms with Crippen molar-refractivity contribution in [3.8, 4) is 0 Å². The molecule has 1 aromatic carbocycles. The lowest BCUT2D eigenvalue weighted by Crippen LogP contribution is -2.49. The highest BCUT2D eigenvalue weighted by Gasteiger charge is 2.32. The number of benzene rings is 1. The van der Waals surface area contributed by atoms with Gasteiger partial charge in [0, 0.05) is 36.8 Å². The van der Waals surface area contributed by atoms with E-state index < -0.39 is 0 Å². The number of ether oxygens (including phenoxy) is 1. The maximum absolute atomic E-state index is 12.6. The van der Waals surface area contributed by atoms with E-state index in [1.807, 2.05) is 4.90 Å². The molecule has 0 spiro atoms. The Labute approximate surface area is 141 Å². The van der Waals surface area contributed by atoms with Crippen LogP contribution in [0.5, 0.6) is 0 Å². The van der Waals surface area contributed by atoms with Gasteiger partial charge in [-0.25, -0.2) is 0 Å². The molecule has 0 unspecified atom stereocenters. The molecular weight excluding hydrogens is 316 g/mol. The summed E-state index contributed by atoms with van der Waals surface area (Å²) in [7, 11) is 0. The van der Waals surface area contributed by atoms with Crippen molar-refractivity contribution in [1.29, 1.82) is 0 Å². The van der Waals surface area contributed by atoms with Gasteiger partial charge in [0.05, 0.1) is 19.1 Å². The van der Waals surface area contributed by atoms with Crippen LogP contribution in [0.15, 0.2) is 24.3 Å². The van der Waals surface area contributed by atoms with Crippen LogP contribution < -0.4 is 0 Å². The fraction of sp³-hybridized carbons (Fsp3) is 0.529. The molecule has 0 bridgehead atoms. The first-order valence-corrected chi connectivity index (χ1v) is 8.44. The van der Waals surface area contributed by atoms with E-state index in [2.05, 4.69) is 0 Å². The molecular formula is C17H21ClN2O3. The number of likely N-dealkylation sites (tertiary alicyclic amines) is 1. The van der Waals surface area contributed by atoms with E-state index in [1.165, 1.54) is 0 Å². The molecule has 2 saturated heterocycles. The predicted octanol–water partition coefficient (Wildman–Crippen LogP) is 2.05. The molecule has 1 aromatic rings. The van der Waals surface area contributed by atoms with Crippen LogP contribution in [0, 0.1) is 5.92 Å². The molecule has 6 heteroatoms. The highest BCUT2D eigenvalue weighted by molar-refractivity contribution is 6.30. The predicted molar refractivity (Wildman–Crippen MR) is 87.5 cm³/mol. The number of amides is 2. The SMILES string of the molecule is O=C(c1cccc(Cl)c1)N1CCC[C@@H](C(=O)N2CCOCC2)C1. The Balaban J connectivity index is 1.65. The monoisotopic (exact) mass is 336 g/mol. The van der Waals surface area contributed by atoms with Gasteiger partial charge in [0.25, 0.3) is 5.91 Å². The maximum atomic E-state index is 12.6. The molecule has 23 heavy (non-hydrogen) atoms. The Hall–Kier alpha value is -1.59. The molecule has 0 N–H and O–H groups in total. The van der Waals surface area contributed by atoms with Gasteiger partial charge in [-0.3, -0.25) is 9.59 Å². The van der Waals surface area contributed by atoms with Crippen molar-refractivity contribution >= 4 is 23.4 Å². The van der Waals surface area contributed by atoms with Gasteiger partial charge < -0.3 is 14.5 Å². The van der Waals surface area contributed by atoms with Crippen LogP contribution in [0.25, 0.3) is 0 Å². The van der Waals surface area contributed by atoms with Gasteiger partial charge in [0.15, 0.2) is 0 Å². The zero-order valence-electron chi connectivity index (χ0n) is 13.0. The van der Waals surface area contributed by atoms with Gasteiger partial charge in [-0.2, -0.15) is 0 Å². The normalized spacial score (nSPS) is 22.0. The second kappa shape index (κ2) is 7.32. The molecule has 0 saturated carbocycles. The summed E-state index contributed by atoms with van der Waals surface area (Å²) in [6, 6.07) is 6.97. The highest BCUT2D eigenvalue weighted by Crippen LogP contribution is 2.22. The second-order valence-electron chi connectivity index (χ2n) is 6.04. The maximum Gasteiger partial charge on any atom is 0.253 e. The molecule has 5 nitrogen and oxygen atoms in total. The number of halogens is 1. The minimum Gasteiger partial charge on any atom is -0.378 e. The van der Waals surface area contributed by atoms with Gasteiger partial charge >= 0.3 is 0 Å². The quantitative estimate of drug-likeness (QED) is 0.830. The average molecular weight is 337 g/mol. The molecule has 0 aromatic heterocycles. The van der Waals surface area contributed by atoms with E-state index in [0.29, 0.717) is 50.0 Å². The molecule has 0 radical (unpaired) electrons. The summed E-state index contributed by atoms with van der Waals surface area (Å²) in [6.45, 7) is 3.68. The Morgan fingerprint density at radius 3 is 2.65 bits per heavy atom. The summed E-state index contributed by atoms with van der Waals surface area (Å²) < 4.78 is 5.29. The van der Waals surface area contributed by atoms with Crippen molar-refractivity contribution in [2.45, 2.75) is 12.8 Å². The van der Waals surface area contributed by atoms with E-state index in [4.69, 9.17) is 16.3 Å². The van der Waals surface area contributed by atoms with Crippen LogP contribution in [0.3, 0.4) is 0 Å². The molecule has 2 aliphatic heterocycles. The zero-order chi connectivity index (χ0) is 16.2. The Morgan fingerprint density at radius 2 is 1.91 bits per heavy atom. The largest absolute Gasteiger partial charge is 0.378 e. The number of hydrogen-bond donors (Lipinski definition) is 0. The number of nitrogens with zero attached hydrogens (tertiary/aromatic N) is 2. The zero-order valence-corrected chi connectivity index (χ0v) is 13.8. The van der Waals surface area contributed by atoms with Crippen LogP contribution >= 0.6 is 11.6 Å². The van der Waals surface area contributed by atoms with Gasteiger partial charge in [-0.15, -0.1) is 0 Å². The van der Waals surface area contributed by atoms with Crippen molar-refractivity contribution in [3.63, 3.8) is 0 Å². The third-order valence-corrected chi connectivity index (χ3v) is 4.69. The Morgan fingerprint density at radius 1 is 1.13 bits per heavy atom. The number of carbonyl (C=O) groups is 2. The fourth-order valence-electron chi connectivity index (χ4n) is 3.21. The minimum atomic E-state index is -0.106. The van der Waals surface area contributed by atoms with E-state index in [9.17, 15) is 9.59 Å². The number of rotatable bonds is 2. The lowest BCUT2D eigenvalue weighted by Gasteiger charge is -2.36. The van der Waals surface area contributed by atoms with Crippen molar-refractivity contribution in [3.05, 3.63) is 34.9 Å². The van der Waals surface area contributed by atoms with Gasteiger partial charge in [-0.05, 0) is 31.0 Å². The van der Waals surface area contributed by atoms with Crippen LogP contribution in [0.2, 0.25) is 5.02 Å². The third-order valence-electron chi connectivity index (χ3n) is 4.45. The van der Waals surface area contributed by atoms with Crippen molar-refractivity contribution < 1.29 is 14.3 Å². The third kappa shape index (κ3) is 3.85. The van der Waals surface area contributed by atoms with E-state index in [-0.39, 0.29) is 17.7 Å². The summed E-state index contributed by atoms with van der Waals surface area (Å²) in [6.07, 6.45) is 1.70. The van der Waals surface area contributed by atoms with E-state index in [1.54, 1.807) is 29.2 Å². The average Bonchev–Trinajstić information content (AvgIpc) is 2.61. The smallest absolute Gasteiger partial charge is 0.253 e. The van der Waals surface area contributed by atoms with Gasteiger partial charge in [0.2, 0.25) is 5.91 Å². The molecule has 0 aliphatic carbocycles. The van der Waals surface area contributed by atoms with Crippen LogP contribution in [-0.2, 0) is 9.53 Å². The summed E-state index contributed by atoms with van der Waals surface area (Å²) in [4.78, 5) is 28.9. The first kappa shape index (κ1) is 16.3. The molecule has 124 valence electrons. The number of carbonyl (C=O) groups excluding carboxylic acids is 2. The second-order valence-corrected chi connectivity index (χ2v) is 6.47. The van der Waals surface area contributed by atoms with E-state index >= 15 is 0 Å². The van der Waals surface area contributed by atoms with Crippen molar-refractivity contribution in [2.24, 2.45) is 5.92 Å². The lowest BCUT2D eigenvalue weighted by molar-refractivity contribution is -0.141. The molecule has 2 heterocycles. The topological polar surface area (TPSA) is 49.9 Å². The number of piperidine rings is 1. The Bertz CT molecular complexity index is 587. The Kier molecular flexibility index (Phi) is 5.18. The summed E-state index contributed by atoms with van der Waals surface area (Å²) in [5, 5.41) is 0.550. The first-order valence-electron chi connectivity index (χ1n) is 8.06. The van der Waals surface area contributed by atoms with Crippen LogP contribution in [-0.4, -0.2) is 61.0 Å². The highest BCUT2D eigenvalue weighted by atomic mass is 35.5. The molecule has 1 atom stereocenters. The van der Waals surface area contributed by atoms with Gasteiger partial charge in [0.1, 0.15) is 0 Å². The van der Waals surface area contributed by atoms with Crippen LogP contribution in [0.1, 0.15) is 23.2 Å². The van der Waals surface area contributed by atoms with Crippen molar-refractivity contribution in [2.75, 3.05) is 39.4 Å². The van der Waals surface area contributed by atoms with Crippen molar-refractivity contribution in [1.82, 2.24) is 9.80 Å². The fourth-order valence-corrected chi connectivity index (χ4v) is 3.40. The van der Waals surface area contributed by atoms with Crippen LogP contribution in [0.4, 0.5) is 0 Å². The number of morpholine rings is 1. The summed E-state index contributed by atoms with van der Waals surface area (Å²) in [5.41, 5.74) is 0.581. The standard InChI is InChI=1S/C17H21ClN2O3/c18-15-5-1-3-13(11-15)16(21)20-6-2-4-14(12-20)17(22)19-7-9-23-10-8-19/h1,3,5,11,14H,2,4,6-10,12H2/t14-/m1/s1. The summed E-state index contributed by atoms with van der Waals surface area (Å²) >= 11 is 5.97. The molecule has 2 amide bonds. The molecule has 3 rings (SSSR count). The van der Waals surface area contributed by atoms with E-state index in [0.717, 1.165) is 12.8 Å². The number of hydrogen-bond acceptors (Lipinski definition) is 3. The molecule has 2 fully saturated rings. The first-order chi connectivity index (χ1) is 11.1. The summed E-state index contributed by atoms with van der Waals surface area (Å²) in [5.74, 6) is -0.00569. The van der Waals surface area contributed by atoms with Gasteiger partial charge in [-0.1, -0.05) is 17.7 Å². The minimum absolute atomic E-state index is 0.0491. The lowest BCUT2D eigenvalue weighted by atomic mass is 9.95.